The summed E-state index contributed by atoms with van der Waals surface area (Å²) in [5.74, 6) is 3.01. The molecule has 0 radical (unpaired) electrons. The Hall–Kier alpha value is -3.72. The molecule has 9 nitrogen and oxygen atoms in total. The van der Waals surface area contributed by atoms with Gasteiger partial charge in [0.25, 0.3) is 0 Å². The molecule has 0 aliphatic carbocycles. The molecule has 4 aromatic rings. The summed E-state index contributed by atoms with van der Waals surface area (Å²) < 4.78 is 13.1. The highest BCUT2D eigenvalue weighted by molar-refractivity contribution is 5.93. The van der Waals surface area contributed by atoms with E-state index in [1.165, 1.54) is 0 Å². The fourth-order valence-electron chi connectivity index (χ4n) is 3.97. The van der Waals surface area contributed by atoms with Crippen LogP contribution >= 0.6 is 0 Å². The van der Waals surface area contributed by atoms with Gasteiger partial charge < -0.3 is 19.7 Å². The Labute approximate surface area is 192 Å². The smallest absolute Gasteiger partial charge is 0.162 e. The van der Waals surface area contributed by atoms with Gasteiger partial charge in [0.2, 0.25) is 0 Å². The molecular formula is C24H27N7O2. The lowest BCUT2D eigenvalue weighted by molar-refractivity contribution is 0.0529. The number of benzene rings is 1. The summed E-state index contributed by atoms with van der Waals surface area (Å²) in [5, 5.41) is 8.53. The van der Waals surface area contributed by atoms with Crippen LogP contribution in [0.25, 0.3) is 22.3 Å². The first kappa shape index (κ1) is 21.1. The van der Waals surface area contributed by atoms with Crippen LogP contribution in [-0.4, -0.2) is 57.1 Å². The van der Waals surface area contributed by atoms with E-state index in [0.29, 0.717) is 24.9 Å². The van der Waals surface area contributed by atoms with Crippen LogP contribution in [0.1, 0.15) is 13.8 Å². The van der Waals surface area contributed by atoms with E-state index in [0.717, 1.165) is 46.8 Å². The molecule has 1 aliphatic heterocycles. The van der Waals surface area contributed by atoms with E-state index in [1.807, 2.05) is 56.7 Å². The maximum Gasteiger partial charge on any atom is 0.162 e. The number of nitrogens with one attached hydrogen (secondary N) is 1. The quantitative estimate of drug-likeness (QED) is 0.479. The SMILES string of the molecule is CCOc1ccc2nc(-c3ccnc(N4CCOC(C)C4)c3)nc(Nc3cnn(C)c3)c2c1. The molecule has 4 heterocycles. The molecule has 170 valence electrons. The number of ether oxygens (including phenoxy) is 2. The maximum atomic E-state index is 5.71. The van der Waals surface area contributed by atoms with Crippen molar-refractivity contribution < 1.29 is 9.47 Å². The Morgan fingerprint density at radius 1 is 1.21 bits per heavy atom. The van der Waals surface area contributed by atoms with Gasteiger partial charge in [-0.25, -0.2) is 15.0 Å². The molecule has 1 N–H and O–H groups in total. The molecule has 9 heteroatoms. The van der Waals surface area contributed by atoms with Gasteiger partial charge in [0, 0.05) is 43.5 Å². The first-order chi connectivity index (χ1) is 16.1. The van der Waals surface area contributed by atoms with Crippen molar-refractivity contribution >= 4 is 28.2 Å². The third-order valence-electron chi connectivity index (χ3n) is 5.51. The van der Waals surface area contributed by atoms with Crippen LogP contribution in [0.4, 0.5) is 17.3 Å². The number of hydrogen-bond donors (Lipinski definition) is 1. The fourth-order valence-corrected chi connectivity index (χ4v) is 3.97. The summed E-state index contributed by atoms with van der Waals surface area (Å²) >= 11 is 0. The molecule has 0 amide bonds. The van der Waals surface area contributed by atoms with Crippen LogP contribution in [0.3, 0.4) is 0 Å². The lowest BCUT2D eigenvalue weighted by atomic mass is 10.1. The van der Waals surface area contributed by atoms with E-state index in [2.05, 4.69) is 27.2 Å². The number of rotatable bonds is 6. The molecule has 33 heavy (non-hydrogen) atoms. The van der Waals surface area contributed by atoms with Crippen molar-refractivity contribution in [3.05, 3.63) is 48.9 Å². The van der Waals surface area contributed by atoms with Crippen molar-refractivity contribution in [2.45, 2.75) is 20.0 Å². The Morgan fingerprint density at radius 2 is 2.12 bits per heavy atom. The molecule has 1 aromatic carbocycles. The van der Waals surface area contributed by atoms with Crippen molar-refractivity contribution in [1.29, 1.82) is 0 Å². The highest BCUT2D eigenvalue weighted by Gasteiger charge is 2.19. The summed E-state index contributed by atoms with van der Waals surface area (Å²) in [6.07, 6.45) is 5.66. The molecule has 0 bridgehead atoms. The lowest BCUT2D eigenvalue weighted by Gasteiger charge is -2.32. The second-order valence-electron chi connectivity index (χ2n) is 8.07. The van der Waals surface area contributed by atoms with E-state index in [-0.39, 0.29) is 6.10 Å². The van der Waals surface area contributed by atoms with Crippen molar-refractivity contribution in [2.75, 3.05) is 36.5 Å². The Bertz CT molecular complexity index is 1270. The Kier molecular flexibility index (Phi) is 5.78. The second-order valence-corrected chi connectivity index (χ2v) is 8.07. The molecule has 0 saturated carbocycles. The van der Waals surface area contributed by atoms with Gasteiger partial charge in [-0.1, -0.05) is 0 Å². The third-order valence-corrected chi connectivity index (χ3v) is 5.51. The average molecular weight is 446 g/mol. The zero-order valence-electron chi connectivity index (χ0n) is 19.0. The third kappa shape index (κ3) is 4.58. The van der Waals surface area contributed by atoms with Crippen molar-refractivity contribution in [3.8, 4) is 17.1 Å². The summed E-state index contributed by atoms with van der Waals surface area (Å²) in [6.45, 7) is 6.96. The second kappa shape index (κ2) is 9.03. The van der Waals surface area contributed by atoms with Crippen LogP contribution < -0.4 is 15.0 Å². The molecule has 1 fully saturated rings. The topological polar surface area (TPSA) is 90.2 Å². The van der Waals surface area contributed by atoms with Gasteiger partial charge in [0.1, 0.15) is 17.4 Å². The summed E-state index contributed by atoms with van der Waals surface area (Å²) in [7, 11) is 1.88. The number of aryl methyl sites for hydroxylation is 1. The van der Waals surface area contributed by atoms with E-state index < -0.39 is 0 Å². The van der Waals surface area contributed by atoms with Crippen LogP contribution in [0, 0.1) is 0 Å². The predicted octanol–water partition coefficient (Wildman–Crippen LogP) is 3.79. The number of pyridine rings is 1. The molecular weight excluding hydrogens is 418 g/mol. The molecule has 1 atom stereocenters. The number of anilines is 3. The standard InChI is InChI=1S/C24H27N7O2/c1-4-32-19-5-6-21-20(12-19)24(27-18-13-26-30(3)15-18)29-23(28-21)17-7-8-25-22(11-17)31-9-10-33-16(2)14-31/h5-8,11-13,15-16H,4,9-10,14H2,1-3H3,(H,27,28,29). The van der Waals surface area contributed by atoms with Crippen LogP contribution in [0.5, 0.6) is 5.75 Å². The molecule has 1 aliphatic rings. The van der Waals surface area contributed by atoms with Gasteiger partial charge in [0.15, 0.2) is 5.82 Å². The van der Waals surface area contributed by atoms with E-state index in [9.17, 15) is 0 Å². The monoisotopic (exact) mass is 445 g/mol. The number of fused-ring (bicyclic) bond motifs is 1. The maximum absolute atomic E-state index is 5.71. The largest absolute Gasteiger partial charge is 0.494 e. The van der Waals surface area contributed by atoms with Gasteiger partial charge >= 0.3 is 0 Å². The number of hydrogen-bond acceptors (Lipinski definition) is 8. The summed E-state index contributed by atoms with van der Waals surface area (Å²) in [5.41, 5.74) is 2.58. The van der Waals surface area contributed by atoms with Crippen molar-refractivity contribution in [3.63, 3.8) is 0 Å². The molecule has 3 aromatic heterocycles. The van der Waals surface area contributed by atoms with Crippen molar-refractivity contribution in [1.82, 2.24) is 24.7 Å². The van der Waals surface area contributed by atoms with E-state index >= 15 is 0 Å². The van der Waals surface area contributed by atoms with Crippen LogP contribution in [0.15, 0.2) is 48.9 Å². The predicted molar refractivity (Wildman–Crippen MR) is 128 cm³/mol. The lowest BCUT2D eigenvalue weighted by Crippen LogP contribution is -2.41. The van der Waals surface area contributed by atoms with Crippen LogP contribution in [0.2, 0.25) is 0 Å². The Morgan fingerprint density at radius 3 is 2.91 bits per heavy atom. The van der Waals surface area contributed by atoms with Crippen molar-refractivity contribution in [2.24, 2.45) is 7.05 Å². The molecule has 1 saturated heterocycles. The zero-order chi connectivity index (χ0) is 22.8. The summed E-state index contributed by atoms with van der Waals surface area (Å²) in [6, 6.07) is 9.85. The number of morpholine rings is 1. The van der Waals surface area contributed by atoms with E-state index in [4.69, 9.17) is 19.4 Å². The highest BCUT2D eigenvalue weighted by Crippen LogP contribution is 2.31. The normalized spacial score (nSPS) is 16.2. The number of aromatic nitrogens is 5. The minimum absolute atomic E-state index is 0.177. The zero-order valence-corrected chi connectivity index (χ0v) is 19.0. The van der Waals surface area contributed by atoms with E-state index in [1.54, 1.807) is 10.9 Å². The van der Waals surface area contributed by atoms with Crippen LogP contribution in [-0.2, 0) is 11.8 Å². The highest BCUT2D eigenvalue weighted by atomic mass is 16.5. The van der Waals surface area contributed by atoms with Gasteiger partial charge in [0.05, 0.1) is 36.7 Å². The summed E-state index contributed by atoms with van der Waals surface area (Å²) in [4.78, 5) is 16.6. The molecule has 1 unspecified atom stereocenters. The molecule has 5 rings (SSSR count). The average Bonchev–Trinajstić information content (AvgIpc) is 3.24. The van der Waals surface area contributed by atoms with Gasteiger partial charge in [-0.05, 0) is 44.2 Å². The molecule has 0 spiro atoms. The first-order valence-corrected chi connectivity index (χ1v) is 11.1. The first-order valence-electron chi connectivity index (χ1n) is 11.1. The minimum Gasteiger partial charge on any atom is -0.494 e. The fraction of sp³-hybridized carbons (Fsp3) is 0.333. The van der Waals surface area contributed by atoms with Gasteiger partial charge in [-0.2, -0.15) is 5.10 Å². The van der Waals surface area contributed by atoms with Gasteiger partial charge in [-0.15, -0.1) is 0 Å². The minimum atomic E-state index is 0.177. The number of nitrogens with zero attached hydrogens (tertiary/aromatic N) is 6. The van der Waals surface area contributed by atoms with Gasteiger partial charge in [-0.3, -0.25) is 4.68 Å². The Balaban J connectivity index is 1.57.